The number of fused-ring (bicyclic) bond motifs is 2. The van der Waals surface area contributed by atoms with Crippen LogP contribution in [0.4, 0.5) is 0 Å². The van der Waals surface area contributed by atoms with Crippen LogP contribution in [-0.4, -0.2) is 33.6 Å². The summed E-state index contributed by atoms with van der Waals surface area (Å²) in [6.07, 6.45) is -1.12. The molecule has 1 aliphatic carbocycles. The molecule has 1 fully saturated rings. The second-order valence-electron chi connectivity index (χ2n) is 8.93. The van der Waals surface area contributed by atoms with E-state index in [-0.39, 0.29) is 24.3 Å². The van der Waals surface area contributed by atoms with E-state index >= 15 is 0 Å². The number of aliphatic hydroxyl groups excluding tert-OH is 1. The Balaban J connectivity index is 1.48. The maximum Gasteiger partial charge on any atom is 0.247 e. The maximum absolute atomic E-state index is 12.8. The van der Waals surface area contributed by atoms with Crippen molar-refractivity contribution in [3.8, 4) is 11.8 Å². The summed E-state index contributed by atoms with van der Waals surface area (Å²) in [5.41, 5.74) is 0.918. The number of hydrogen-bond donors (Lipinski definition) is 1. The van der Waals surface area contributed by atoms with Crippen molar-refractivity contribution in [2.75, 3.05) is 0 Å². The molecule has 2 aromatic rings. The first kappa shape index (κ1) is 20.8. The molecule has 0 unspecified atom stereocenters. The largest absolute Gasteiger partial charge is 0.485 e. The quantitative estimate of drug-likeness (QED) is 0.765. The van der Waals surface area contributed by atoms with Gasteiger partial charge in [0.2, 0.25) is 11.8 Å². The molecular weight excluding hydrogens is 430 g/mol. The van der Waals surface area contributed by atoms with Gasteiger partial charge in [-0.15, -0.1) is 5.10 Å². The van der Waals surface area contributed by atoms with Crippen molar-refractivity contribution in [2.24, 2.45) is 16.9 Å². The number of hydrazone groups is 1. The molecule has 4 atom stereocenters. The molecule has 0 radical (unpaired) electrons. The van der Waals surface area contributed by atoms with Gasteiger partial charge in [-0.3, -0.25) is 4.79 Å². The Bertz CT molecular complexity index is 1170. The van der Waals surface area contributed by atoms with Gasteiger partial charge in [-0.25, -0.2) is 5.01 Å². The zero-order valence-electron chi connectivity index (χ0n) is 17.7. The maximum atomic E-state index is 12.8. The molecule has 2 heterocycles. The summed E-state index contributed by atoms with van der Waals surface area (Å²) in [6, 6.07) is 14.5. The van der Waals surface area contributed by atoms with Gasteiger partial charge in [-0.1, -0.05) is 29.8 Å². The minimum absolute atomic E-state index is 0.0534. The highest BCUT2D eigenvalue weighted by Crippen LogP contribution is 2.48. The van der Waals surface area contributed by atoms with E-state index in [0.717, 1.165) is 5.56 Å². The topological polar surface area (TPSA) is 95.2 Å². The molecule has 1 saturated carbocycles. The summed E-state index contributed by atoms with van der Waals surface area (Å²) >= 11 is 6.27. The molecule has 164 valence electrons. The van der Waals surface area contributed by atoms with Crippen molar-refractivity contribution >= 4 is 23.4 Å². The predicted octanol–water partition coefficient (Wildman–Crippen LogP) is 3.79. The van der Waals surface area contributed by atoms with E-state index in [0.29, 0.717) is 34.2 Å². The first-order valence-corrected chi connectivity index (χ1v) is 10.9. The van der Waals surface area contributed by atoms with Crippen molar-refractivity contribution in [3.63, 3.8) is 0 Å². The SMILES string of the molecule is CC1(C)Oc2ccc(C#N)cc2[C@@H](OC2=NN(Cc3ccccc3Cl)C(=O)[C@@H]3C[C@H]23)[C@@H]1O. The lowest BCUT2D eigenvalue weighted by molar-refractivity contribution is -0.135. The normalized spacial score (nSPS) is 27.4. The fourth-order valence-electron chi connectivity index (χ4n) is 4.26. The first-order chi connectivity index (χ1) is 15.3. The van der Waals surface area contributed by atoms with Crippen LogP contribution in [0.15, 0.2) is 47.6 Å². The molecule has 5 rings (SSSR count). The molecular formula is C24H22ClN3O4. The predicted molar refractivity (Wildman–Crippen MR) is 117 cm³/mol. The van der Waals surface area contributed by atoms with Gasteiger partial charge < -0.3 is 14.6 Å². The number of nitriles is 1. The summed E-state index contributed by atoms with van der Waals surface area (Å²) in [6.45, 7) is 3.81. The second-order valence-corrected chi connectivity index (χ2v) is 9.33. The van der Waals surface area contributed by atoms with Crippen molar-refractivity contribution in [3.05, 3.63) is 64.2 Å². The number of nitrogens with zero attached hydrogens (tertiary/aromatic N) is 3. The van der Waals surface area contributed by atoms with Crippen LogP contribution in [0.2, 0.25) is 5.02 Å². The zero-order valence-corrected chi connectivity index (χ0v) is 18.4. The van der Waals surface area contributed by atoms with Crippen LogP contribution in [-0.2, 0) is 16.1 Å². The molecule has 1 N–H and O–H groups in total. The lowest BCUT2D eigenvalue weighted by atomic mass is 9.87. The minimum atomic E-state index is -1.00. The van der Waals surface area contributed by atoms with E-state index in [2.05, 4.69) is 11.2 Å². The molecule has 0 spiro atoms. The third-order valence-corrected chi connectivity index (χ3v) is 6.61. The van der Waals surface area contributed by atoms with Crippen LogP contribution in [0, 0.1) is 23.2 Å². The molecule has 2 aromatic carbocycles. The van der Waals surface area contributed by atoms with Gasteiger partial charge in [-0.2, -0.15) is 5.26 Å². The van der Waals surface area contributed by atoms with Gasteiger partial charge >= 0.3 is 0 Å². The van der Waals surface area contributed by atoms with Crippen molar-refractivity contribution in [2.45, 2.75) is 44.6 Å². The third-order valence-electron chi connectivity index (χ3n) is 6.24. The zero-order chi connectivity index (χ0) is 22.6. The Morgan fingerprint density at radius 2 is 2.09 bits per heavy atom. The summed E-state index contributed by atoms with van der Waals surface area (Å²) in [5, 5.41) is 26.8. The molecule has 7 nitrogen and oxygen atoms in total. The highest BCUT2D eigenvalue weighted by molar-refractivity contribution is 6.31. The summed E-state index contributed by atoms with van der Waals surface area (Å²) in [4.78, 5) is 12.8. The van der Waals surface area contributed by atoms with E-state index in [1.807, 2.05) is 18.2 Å². The monoisotopic (exact) mass is 451 g/mol. The first-order valence-electron chi connectivity index (χ1n) is 10.5. The molecule has 1 amide bonds. The Morgan fingerprint density at radius 3 is 2.84 bits per heavy atom. The van der Waals surface area contributed by atoms with E-state index in [9.17, 15) is 15.2 Å². The molecule has 2 aliphatic heterocycles. The fourth-order valence-corrected chi connectivity index (χ4v) is 4.45. The minimum Gasteiger partial charge on any atom is -0.485 e. The Kier molecular flexibility index (Phi) is 4.88. The molecule has 32 heavy (non-hydrogen) atoms. The lowest BCUT2D eigenvalue weighted by Gasteiger charge is -2.42. The van der Waals surface area contributed by atoms with E-state index < -0.39 is 17.8 Å². The van der Waals surface area contributed by atoms with Gasteiger partial charge in [-0.05, 0) is 50.1 Å². The van der Waals surface area contributed by atoms with E-state index in [1.165, 1.54) is 5.01 Å². The number of hydrogen-bond acceptors (Lipinski definition) is 6. The molecule has 0 saturated heterocycles. The standard InChI is InChI=1S/C24H22ClN3O4/c1-24(2)21(29)20(17-9-13(11-26)7-8-19(17)32-24)31-22-15-10-16(15)23(30)28(27-22)12-14-5-3-4-6-18(14)25/h3-9,15-16,20-21,29H,10,12H2,1-2H3/t15-,16+,20+,21-/m0/s1. The van der Waals surface area contributed by atoms with Crippen LogP contribution in [0.25, 0.3) is 0 Å². The van der Waals surface area contributed by atoms with Crippen LogP contribution in [0.5, 0.6) is 5.75 Å². The van der Waals surface area contributed by atoms with Gasteiger partial charge in [0.25, 0.3) is 0 Å². The van der Waals surface area contributed by atoms with Gasteiger partial charge in [0.1, 0.15) is 17.5 Å². The number of amides is 1. The van der Waals surface area contributed by atoms with Crippen LogP contribution in [0.1, 0.15) is 43.1 Å². The van der Waals surface area contributed by atoms with Crippen LogP contribution >= 0.6 is 11.6 Å². The molecule has 0 aromatic heterocycles. The van der Waals surface area contributed by atoms with Gasteiger partial charge in [0.05, 0.1) is 24.1 Å². The summed E-state index contributed by atoms with van der Waals surface area (Å²) < 4.78 is 12.2. The van der Waals surface area contributed by atoms with E-state index in [1.54, 1.807) is 38.1 Å². The van der Waals surface area contributed by atoms with Crippen molar-refractivity contribution in [1.29, 1.82) is 5.26 Å². The molecule has 3 aliphatic rings. The highest BCUT2D eigenvalue weighted by atomic mass is 35.5. The number of halogens is 1. The lowest BCUT2D eigenvalue weighted by Crippen LogP contribution is -2.50. The fraction of sp³-hybridized carbons (Fsp3) is 0.375. The number of carbonyl (C=O) groups excluding carboxylic acids is 1. The number of aliphatic hydroxyl groups is 1. The number of ether oxygens (including phenoxy) is 2. The average molecular weight is 452 g/mol. The van der Waals surface area contributed by atoms with Crippen molar-refractivity contribution < 1.29 is 19.4 Å². The number of benzene rings is 2. The Morgan fingerprint density at radius 1 is 1.31 bits per heavy atom. The Hall–Kier alpha value is -3.08. The van der Waals surface area contributed by atoms with Crippen LogP contribution < -0.4 is 4.74 Å². The highest BCUT2D eigenvalue weighted by Gasteiger charge is 2.55. The van der Waals surface area contributed by atoms with Gasteiger partial charge in [0.15, 0.2) is 6.10 Å². The molecule has 0 bridgehead atoms. The molecule has 8 heteroatoms. The third kappa shape index (κ3) is 3.50. The summed E-state index contributed by atoms with van der Waals surface area (Å²) in [7, 11) is 0. The summed E-state index contributed by atoms with van der Waals surface area (Å²) in [5.74, 6) is 0.627. The smallest absolute Gasteiger partial charge is 0.247 e. The number of carbonyl (C=O) groups is 1. The number of rotatable bonds is 3. The average Bonchev–Trinajstić information content (AvgIpc) is 3.57. The van der Waals surface area contributed by atoms with Gasteiger partial charge in [0, 0.05) is 16.5 Å². The van der Waals surface area contributed by atoms with E-state index in [4.69, 9.17) is 21.1 Å². The van der Waals surface area contributed by atoms with Crippen molar-refractivity contribution in [1.82, 2.24) is 5.01 Å². The second kappa shape index (κ2) is 7.51. The Labute approximate surface area is 190 Å². The van der Waals surface area contributed by atoms with Crippen LogP contribution in [0.3, 0.4) is 0 Å².